The lowest BCUT2D eigenvalue weighted by atomic mass is 9.69. The van der Waals surface area contributed by atoms with Gasteiger partial charge >= 0.3 is 6.09 Å². The van der Waals surface area contributed by atoms with Crippen molar-refractivity contribution in [3.05, 3.63) is 185 Å². The third kappa shape index (κ3) is 19.3. The van der Waals surface area contributed by atoms with E-state index < -0.39 is 30.1 Å². The molecule has 8 rings (SSSR count). The summed E-state index contributed by atoms with van der Waals surface area (Å²) in [7, 11) is 5.72. The Morgan fingerprint density at radius 3 is 2.22 bits per heavy atom. The number of unbranched alkanes of at least 4 members (excludes halogenated alkanes) is 2. The summed E-state index contributed by atoms with van der Waals surface area (Å²) in [6.45, 7) is 13.3. The minimum Gasteiger partial charge on any atom is -0.446 e. The van der Waals surface area contributed by atoms with E-state index in [1.165, 1.54) is 47.6 Å². The van der Waals surface area contributed by atoms with Crippen molar-refractivity contribution in [2.45, 2.75) is 114 Å². The van der Waals surface area contributed by atoms with Gasteiger partial charge in [-0.1, -0.05) is 128 Å². The van der Waals surface area contributed by atoms with Crippen LogP contribution < -0.4 is 10.6 Å². The number of fused-ring (bicyclic) bond motifs is 1. The number of hydrogen-bond acceptors (Lipinski definition) is 11. The van der Waals surface area contributed by atoms with E-state index in [9.17, 15) is 37.9 Å². The Labute approximate surface area is 531 Å². The molecule has 4 aromatic carbocycles. The standard InChI is InChI=1S/C73H93F2N7O8/c1-6-56(48-54(2)50-74)70(86)76-53-73(88,60-30-32-61(75)33-31-60)38-45-82-43-36-72(37-44-82)64-22-14-12-20-59(64)49-67(72)89-52-69(85)79(4)40-17-24-66(83)58-28-26-55(27-29-58)51-78(3)39-16-8-11-25-68(84)80(5)46-47-81-41-34-62(35-42-81)90-71(87)77-65-23-15-13-21-63(65)57-18-9-7-10-19-57/h6-7,9-10,12-13,15,18-21,23,26-33,48,62,67,88H,1-2,8,11,14,16-17,22,24-25,34-47,49-53H2,3-5H3,(H,76,86)(H,77,87)/b56-48+/t67-,73-/m0/s1. The molecule has 17 heteroatoms. The first kappa shape index (κ1) is 68.5. The molecule has 4 amide bonds. The molecule has 0 saturated carbocycles. The number of ether oxygens (including phenoxy) is 2. The fourth-order valence-corrected chi connectivity index (χ4v) is 13.0. The summed E-state index contributed by atoms with van der Waals surface area (Å²) >= 11 is 0. The number of halogens is 2. The minimum absolute atomic E-state index is 0.0337. The van der Waals surface area contributed by atoms with Gasteiger partial charge in [0.2, 0.25) is 11.8 Å². The third-order valence-electron chi connectivity index (χ3n) is 18.5. The number of anilines is 1. The Kier molecular flexibility index (Phi) is 25.6. The Morgan fingerprint density at radius 2 is 1.50 bits per heavy atom. The van der Waals surface area contributed by atoms with E-state index in [2.05, 4.69) is 57.7 Å². The molecule has 90 heavy (non-hydrogen) atoms. The number of Topliss-reactive ketones (excluding diaryl/α,β-unsaturated/α-hetero) is 1. The van der Waals surface area contributed by atoms with Gasteiger partial charge in [-0.3, -0.25) is 24.5 Å². The van der Waals surface area contributed by atoms with Crippen LogP contribution in [-0.4, -0.2) is 171 Å². The van der Waals surface area contributed by atoms with Crippen LogP contribution in [0.5, 0.6) is 0 Å². The number of alkyl halides is 1. The molecule has 0 unspecified atom stereocenters. The van der Waals surface area contributed by atoms with Crippen LogP contribution in [0.1, 0.15) is 111 Å². The van der Waals surface area contributed by atoms with E-state index in [0.717, 1.165) is 127 Å². The fourth-order valence-electron chi connectivity index (χ4n) is 13.0. The summed E-state index contributed by atoms with van der Waals surface area (Å²) in [5.74, 6) is -0.924. The van der Waals surface area contributed by atoms with Crippen molar-refractivity contribution in [2.24, 2.45) is 5.41 Å². The van der Waals surface area contributed by atoms with Crippen molar-refractivity contribution in [3.63, 3.8) is 0 Å². The van der Waals surface area contributed by atoms with Crippen LogP contribution in [0.2, 0.25) is 0 Å². The second-order valence-corrected chi connectivity index (χ2v) is 24.9. The number of likely N-dealkylation sites (tertiary alicyclic amines) is 2. The third-order valence-corrected chi connectivity index (χ3v) is 18.5. The molecule has 2 aliphatic carbocycles. The zero-order chi connectivity index (χ0) is 64.0. The van der Waals surface area contributed by atoms with Crippen molar-refractivity contribution in [3.8, 4) is 11.1 Å². The van der Waals surface area contributed by atoms with Crippen LogP contribution in [0.15, 0.2) is 163 Å². The van der Waals surface area contributed by atoms with E-state index in [1.807, 2.05) is 90.8 Å². The molecule has 4 aromatic rings. The van der Waals surface area contributed by atoms with Crippen LogP contribution in [0.4, 0.5) is 19.3 Å². The summed E-state index contributed by atoms with van der Waals surface area (Å²) < 4.78 is 39.6. The zero-order valence-electron chi connectivity index (χ0n) is 53.1. The number of carbonyl (C=O) groups excluding carboxylic acids is 5. The molecule has 482 valence electrons. The predicted octanol–water partition coefficient (Wildman–Crippen LogP) is 11.6. The molecule has 4 aliphatic rings. The first-order chi connectivity index (χ1) is 43.4. The molecule has 2 saturated heterocycles. The lowest BCUT2D eigenvalue weighted by Gasteiger charge is -2.45. The van der Waals surface area contributed by atoms with E-state index in [0.29, 0.717) is 55.7 Å². The highest BCUT2D eigenvalue weighted by atomic mass is 19.1. The average molecular weight is 1230 g/mol. The molecule has 2 fully saturated rings. The van der Waals surface area contributed by atoms with Gasteiger partial charge < -0.3 is 44.4 Å². The second kappa shape index (κ2) is 33.6. The molecule has 2 aliphatic heterocycles. The second-order valence-electron chi connectivity index (χ2n) is 24.9. The Balaban J connectivity index is 0.684. The highest BCUT2D eigenvalue weighted by Gasteiger charge is 2.50. The lowest BCUT2D eigenvalue weighted by molar-refractivity contribution is -0.140. The molecule has 0 bridgehead atoms. The van der Waals surface area contributed by atoms with Crippen LogP contribution in [-0.2, 0) is 36.0 Å². The summed E-state index contributed by atoms with van der Waals surface area (Å²) in [5.41, 5.74) is 6.09. The monoisotopic (exact) mass is 1230 g/mol. The molecule has 15 nitrogen and oxygen atoms in total. The van der Waals surface area contributed by atoms with E-state index in [1.54, 1.807) is 11.9 Å². The summed E-state index contributed by atoms with van der Waals surface area (Å²) in [5, 5.41) is 17.8. The highest BCUT2D eigenvalue weighted by molar-refractivity contribution is 5.97. The quantitative estimate of drug-likeness (QED) is 0.0184. The number of benzene rings is 4. The number of carbonyl (C=O) groups is 5. The maximum Gasteiger partial charge on any atom is 0.411 e. The Hall–Kier alpha value is -7.41. The molecular formula is C73H93F2N7O8. The summed E-state index contributed by atoms with van der Waals surface area (Å²) in [4.78, 5) is 76.2. The summed E-state index contributed by atoms with van der Waals surface area (Å²) in [6, 6.07) is 31.1. The maximum atomic E-state index is 14.0. The first-order valence-electron chi connectivity index (χ1n) is 32.2. The number of piperidine rings is 2. The van der Waals surface area contributed by atoms with Crippen molar-refractivity contribution < 1.29 is 47.3 Å². The van der Waals surface area contributed by atoms with Gasteiger partial charge in [-0.05, 0) is 149 Å². The van der Waals surface area contributed by atoms with Crippen molar-refractivity contribution in [2.75, 3.05) is 105 Å². The average Bonchev–Trinajstić information content (AvgIpc) is 1.62. The van der Waals surface area contributed by atoms with Crippen LogP contribution in [0.3, 0.4) is 0 Å². The number of nitrogens with zero attached hydrogens (tertiary/aromatic N) is 5. The molecule has 0 radical (unpaired) electrons. The molecule has 2 heterocycles. The Bertz CT molecular complexity index is 3170. The lowest BCUT2D eigenvalue weighted by Crippen LogP contribution is -2.49. The van der Waals surface area contributed by atoms with Crippen molar-refractivity contribution in [1.29, 1.82) is 0 Å². The number of amides is 4. The highest BCUT2D eigenvalue weighted by Crippen LogP contribution is 2.54. The number of likely N-dealkylation sites (N-methyl/N-ethyl adjacent to an activating group) is 2. The number of ketones is 1. The van der Waals surface area contributed by atoms with E-state index in [4.69, 9.17) is 9.47 Å². The van der Waals surface area contributed by atoms with Gasteiger partial charge in [-0.15, -0.1) is 0 Å². The number of allylic oxidation sites excluding steroid dienone is 4. The van der Waals surface area contributed by atoms with Gasteiger partial charge in [0.15, 0.2) is 5.78 Å². The van der Waals surface area contributed by atoms with E-state index >= 15 is 0 Å². The fraction of sp³-hybridized carbons (Fsp3) is 0.466. The Morgan fingerprint density at radius 1 is 0.800 bits per heavy atom. The molecule has 3 N–H and O–H groups in total. The number of rotatable bonds is 32. The van der Waals surface area contributed by atoms with Crippen LogP contribution in [0.25, 0.3) is 11.1 Å². The van der Waals surface area contributed by atoms with Gasteiger partial charge in [0, 0.05) is 94.9 Å². The van der Waals surface area contributed by atoms with Crippen molar-refractivity contribution in [1.82, 2.24) is 29.8 Å². The SMILES string of the molecule is C=C/C(=C\C(=C)CF)C(=O)NC[C@@](O)(CCN1CCC2(CC1)C1=C(C=CCC1)C[C@@H]2OCC(=O)N(C)CCCC(=O)c1ccc(CN(C)CCCCCC(=O)N(C)CCN2CCC(OC(=O)Nc3ccccc3-c3ccccc3)CC2)cc1)c1ccc(F)cc1. The molecule has 2 atom stereocenters. The number of aliphatic hydroxyl groups is 1. The number of hydrogen-bond donors (Lipinski definition) is 3. The van der Waals surface area contributed by atoms with Crippen LogP contribution >= 0.6 is 0 Å². The zero-order valence-corrected chi connectivity index (χ0v) is 53.1. The first-order valence-corrected chi connectivity index (χ1v) is 32.2. The molecule has 1 spiro atoms. The normalized spacial score (nSPS) is 17.6. The van der Waals surface area contributed by atoms with Gasteiger partial charge in [0.05, 0.1) is 18.3 Å². The van der Waals surface area contributed by atoms with Crippen molar-refractivity contribution >= 4 is 35.3 Å². The largest absolute Gasteiger partial charge is 0.446 e. The van der Waals surface area contributed by atoms with Gasteiger partial charge in [-0.2, -0.15) is 0 Å². The number of nitrogens with one attached hydrogen (secondary N) is 2. The molecular weight excluding hydrogens is 1140 g/mol. The van der Waals surface area contributed by atoms with Crippen LogP contribution in [0, 0.1) is 11.2 Å². The van der Waals surface area contributed by atoms with Gasteiger partial charge in [0.1, 0.15) is 30.8 Å². The number of para-hydroxylation sites is 1. The predicted molar refractivity (Wildman–Crippen MR) is 351 cm³/mol. The minimum atomic E-state index is -1.54. The van der Waals surface area contributed by atoms with Gasteiger partial charge in [-0.25, -0.2) is 13.6 Å². The molecule has 0 aromatic heterocycles. The topological polar surface area (TPSA) is 164 Å². The van der Waals surface area contributed by atoms with Gasteiger partial charge in [0.25, 0.3) is 5.91 Å². The smallest absolute Gasteiger partial charge is 0.411 e. The summed E-state index contributed by atoms with van der Waals surface area (Å²) in [6.07, 6.45) is 16.4. The van der Waals surface area contributed by atoms with E-state index in [-0.39, 0.29) is 65.9 Å². The maximum absolute atomic E-state index is 14.0.